The summed E-state index contributed by atoms with van der Waals surface area (Å²) in [7, 11) is 0. The molecule has 17 heavy (non-hydrogen) atoms. The van der Waals surface area contributed by atoms with Crippen molar-refractivity contribution in [2.75, 3.05) is 13.2 Å². The second-order valence-electron chi connectivity index (χ2n) is 4.20. The van der Waals surface area contributed by atoms with Crippen molar-refractivity contribution >= 4 is 5.97 Å². The molecule has 0 aliphatic carbocycles. The van der Waals surface area contributed by atoms with Crippen LogP contribution in [0.1, 0.15) is 58.3 Å². The Labute approximate surface area is 105 Å². The van der Waals surface area contributed by atoms with Gasteiger partial charge >= 0.3 is 5.97 Å². The van der Waals surface area contributed by atoms with Crippen molar-refractivity contribution in [2.24, 2.45) is 0 Å². The van der Waals surface area contributed by atoms with Crippen molar-refractivity contribution in [3.05, 3.63) is 12.2 Å². The lowest BCUT2D eigenvalue weighted by Crippen LogP contribution is -2.01. The summed E-state index contributed by atoms with van der Waals surface area (Å²) in [6.07, 6.45) is 11.8. The van der Waals surface area contributed by atoms with E-state index in [4.69, 9.17) is 9.84 Å². The molecular weight excluding hydrogens is 216 g/mol. The van der Waals surface area contributed by atoms with Crippen LogP contribution in [-0.4, -0.2) is 24.3 Å². The molecule has 0 saturated carbocycles. The van der Waals surface area contributed by atoms with E-state index < -0.39 is 0 Å². The predicted octanol–water partition coefficient (Wildman–Crippen LogP) is 3.22. The molecule has 1 N–H and O–H groups in total. The molecule has 0 heterocycles. The highest BCUT2D eigenvalue weighted by Crippen LogP contribution is 2.05. The van der Waals surface area contributed by atoms with E-state index in [1.807, 2.05) is 6.08 Å². The molecule has 0 spiro atoms. The second-order valence-corrected chi connectivity index (χ2v) is 4.20. The SMILES string of the molecule is CCCCOC(=O)/C=C/CCCCCCCO. The molecule has 0 saturated heterocycles. The van der Waals surface area contributed by atoms with Crippen LogP contribution >= 0.6 is 0 Å². The predicted molar refractivity (Wildman–Crippen MR) is 69.8 cm³/mol. The van der Waals surface area contributed by atoms with Crippen LogP contribution in [0.5, 0.6) is 0 Å². The molecule has 0 radical (unpaired) electrons. The zero-order valence-corrected chi connectivity index (χ0v) is 11.0. The van der Waals surface area contributed by atoms with E-state index >= 15 is 0 Å². The number of esters is 1. The third-order valence-corrected chi connectivity index (χ3v) is 2.53. The summed E-state index contributed by atoms with van der Waals surface area (Å²) in [5.41, 5.74) is 0. The van der Waals surface area contributed by atoms with E-state index in [1.54, 1.807) is 0 Å². The van der Waals surface area contributed by atoms with E-state index in [2.05, 4.69) is 6.92 Å². The summed E-state index contributed by atoms with van der Waals surface area (Å²) < 4.78 is 4.99. The van der Waals surface area contributed by atoms with Gasteiger partial charge in [-0.05, 0) is 25.7 Å². The van der Waals surface area contributed by atoms with Crippen molar-refractivity contribution in [2.45, 2.75) is 58.3 Å². The van der Waals surface area contributed by atoms with Crippen molar-refractivity contribution < 1.29 is 14.6 Å². The maximum absolute atomic E-state index is 11.2. The Morgan fingerprint density at radius 1 is 1.12 bits per heavy atom. The van der Waals surface area contributed by atoms with E-state index in [0.29, 0.717) is 13.2 Å². The van der Waals surface area contributed by atoms with Crippen molar-refractivity contribution in [1.29, 1.82) is 0 Å². The van der Waals surface area contributed by atoms with Crippen LogP contribution in [0, 0.1) is 0 Å². The number of carbonyl (C=O) groups excluding carboxylic acids is 1. The fourth-order valence-electron chi connectivity index (χ4n) is 1.45. The minimum absolute atomic E-state index is 0.223. The van der Waals surface area contributed by atoms with Gasteiger partial charge in [0.15, 0.2) is 0 Å². The van der Waals surface area contributed by atoms with Crippen LogP contribution in [0.3, 0.4) is 0 Å². The van der Waals surface area contributed by atoms with Crippen LogP contribution in [0.4, 0.5) is 0 Å². The largest absolute Gasteiger partial charge is 0.463 e. The fraction of sp³-hybridized carbons (Fsp3) is 0.786. The minimum atomic E-state index is -0.223. The Kier molecular flexibility index (Phi) is 12.6. The molecule has 0 bridgehead atoms. The lowest BCUT2D eigenvalue weighted by atomic mass is 10.1. The summed E-state index contributed by atoms with van der Waals surface area (Å²) >= 11 is 0. The molecule has 0 aliphatic heterocycles. The molecule has 0 fully saturated rings. The number of hydrogen-bond donors (Lipinski definition) is 1. The number of aliphatic hydroxyl groups is 1. The third kappa shape index (κ3) is 13.1. The van der Waals surface area contributed by atoms with Gasteiger partial charge in [-0.15, -0.1) is 0 Å². The first-order valence-electron chi connectivity index (χ1n) is 6.75. The van der Waals surface area contributed by atoms with Crippen LogP contribution in [-0.2, 0) is 9.53 Å². The van der Waals surface area contributed by atoms with E-state index in [9.17, 15) is 4.79 Å². The Morgan fingerprint density at radius 2 is 1.82 bits per heavy atom. The first-order chi connectivity index (χ1) is 8.31. The standard InChI is InChI=1S/C14H26O3/c1-2-3-13-17-14(16)11-9-7-5-4-6-8-10-12-15/h9,11,15H,2-8,10,12-13H2,1H3/b11-9+. The Bertz CT molecular complexity index is 200. The first kappa shape index (κ1) is 16.2. The van der Waals surface area contributed by atoms with Gasteiger partial charge in [0, 0.05) is 12.7 Å². The monoisotopic (exact) mass is 242 g/mol. The minimum Gasteiger partial charge on any atom is -0.463 e. The summed E-state index contributed by atoms with van der Waals surface area (Å²) in [4.78, 5) is 11.2. The highest BCUT2D eigenvalue weighted by molar-refractivity contribution is 5.81. The van der Waals surface area contributed by atoms with Gasteiger partial charge in [0.2, 0.25) is 0 Å². The molecule has 0 aromatic heterocycles. The average Bonchev–Trinajstić information content (AvgIpc) is 2.33. The van der Waals surface area contributed by atoms with Gasteiger partial charge in [-0.1, -0.05) is 38.7 Å². The quantitative estimate of drug-likeness (QED) is 0.344. The highest BCUT2D eigenvalue weighted by atomic mass is 16.5. The molecular formula is C14H26O3. The fourth-order valence-corrected chi connectivity index (χ4v) is 1.45. The average molecular weight is 242 g/mol. The summed E-state index contributed by atoms with van der Waals surface area (Å²) in [6, 6.07) is 0. The maximum atomic E-state index is 11.2. The van der Waals surface area contributed by atoms with E-state index in [1.165, 1.54) is 6.08 Å². The number of hydrogen-bond acceptors (Lipinski definition) is 3. The smallest absolute Gasteiger partial charge is 0.330 e. The molecule has 0 aromatic rings. The van der Waals surface area contributed by atoms with Gasteiger partial charge in [0.1, 0.15) is 0 Å². The van der Waals surface area contributed by atoms with Crippen LogP contribution in [0.25, 0.3) is 0 Å². The van der Waals surface area contributed by atoms with Gasteiger partial charge in [0.05, 0.1) is 6.61 Å². The molecule has 100 valence electrons. The van der Waals surface area contributed by atoms with Gasteiger partial charge in [-0.3, -0.25) is 0 Å². The molecule has 3 nitrogen and oxygen atoms in total. The van der Waals surface area contributed by atoms with Gasteiger partial charge in [-0.25, -0.2) is 4.79 Å². The number of unbranched alkanes of at least 4 members (excludes halogenated alkanes) is 6. The van der Waals surface area contributed by atoms with Crippen LogP contribution < -0.4 is 0 Å². The summed E-state index contributed by atoms with van der Waals surface area (Å²) in [6.45, 7) is 2.89. The number of allylic oxidation sites excluding steroid dienone is 1. The van der Waals surface area contributed by atoms with Crippen LogP contribution in [0.15, 0.2) is 12.2 Å². The van der Waals surface area contributed by atoms with E-state index in [0.717, 1.165) is 51.4 Å². The number of ether oxygens (including phenoxy) is 1. The first-order valence-corrected chi connectivity index (χ1v) is 6.75. The zero-order valence-electron chi connectivity index (χ0n) is 11.0. The van der Waals surface area contributed by atoms with Gasteiger partial charge < -0.3 is 9.84 Å². The molecule has 0 unspecified atom stereocenters. The third-order valence-electron chi connectivity index (χ3n) is 2.53. The lowest BCUT2D eigenvalue weighted by Gasteiger charge is -1.99. The summed E-state index contributed by atoms with van der Waals surface area (Å²) in [5.74, 6) is -0.223. The van der Waals surface area contributed by atoms with Crippen molar-refractivity contribution in [3.8, 4) is 0 Å². The normalized spacial score (nSPS) is 10.9. The Morgan fingerprint density at radius 3 is 2.53 bits per heavy atom. The molecule has 3 heteroatoms. The molecule has 0 atom stereocenters. The number of carbonyl (C=O) groups is 1. The molecule has 0 amide bonds. The second kappa shape index (κ2) is 13.2. The Balaban J connectivity index is 3.25. The Hall–Kier alpha value is -0.830. The molecule has 0 aromatic carbocycles. The number of rotatable bonds is 11. The van der Waals surface area contributed by atoms with Gasteiger partial charge in [-0.2, -0.15) is 0 Å². The van der Waals surface area contributed by atoms with Crippen molar-refractivity contribution in [1.82, 2.24) is 0 Å². The molecule has 0 aliphatic rings. The van der Waals surface area contributed by atoms with Gasteiger partial charge in [0.25, 0.3) is 0 Å². The maximum Gasteiger partial charge on any atom is 0.330 e. The topological polar surface area (TPSA) is 46.5 Å². The summed E-state index contributed by atoms with van der Waals surface area (Å²) in [5, 5.41) is 8.59. The van der Waals surface area contributed by atoms with E-state index in [-0.39, 0.29) is 5.97 Å². The van der Waals surface area contributed by atoms with Crippen molar-refractivity contribution in [3.63, 3.8) is 0 Å². The zero-order chi connectivity index (χ0) is 12.8. The lowest BCUT2D eigenvalue weighted by molar-refractivity contribution is -0.137. The number of aliphatic hydroxyl groups excluding tert-OH is 1. The molecule has 0 rings (SSSR count). The van der Waals surface area contributed by atoms with Crippen LogP contribution in [0.2, 0.25) is 0 Å². The highest BCUT2D eigenvalue weighted by Gasteiger charge is 1.95.